The molecule has 2 aromatic rings. The highest BCUT2D eigenvalue weighted by Crippen LogP contribution is 2.41. The van der Waals surface area contributed by atoms with Crippen LogP contribution in [0.4, 0.5) is 10.5 Å². The predicted octanol–water partition coefficient (Wildman–Crippen LogP) is 4.04. The Morgan fingerprint density at radius 2 is 1.76 bits per heavy atom. The van der Waals surface area contributed by atoms with E-state index < -0.39 is 33.5 Å². The van der Waals surface area contributed by atoms with E-state index >= 15 is 0 Å². The van der Waals surface area contributed by atoms with Crippen LogP contribution in [-0.2, 0) is 25.8 Å². The molecular formula is C27H33N3O5S2. The average Bonchev–Trinajstić information content (AvgIpc) is 3.22. The summed E-state index contributed by atoms with van der Waals surface area (Å²) in [6.07, 6.45) is -0.458. The summed E-state index contributed by atoms with van der Waals surface area (Å²) in [7, 11) is -3.18. The minimum absolute atomic E-state index is 0.00840. The van der Waals surface area contributed by atoms with Gasteiger partial charge in [0.05, 0.1) is 17.5 Å². The smallest absolute Gasteiger partial charge is 0.408 e. The number of nitrogens with one attached hydrogen (secondary N) is 1. The zero-order valence-corrected chi connectivity index (χ0v) is 23.4. The summed E-state index contributed by atoms with van der Waals surface area (Å²) in [4.78, 5) is 32.5. The Balaban J connectivity index is 1.67. The number of hydrogen-bond acceptors (Lipinski definition) is 6. The van der Waals surface area contributed by atoms with Crippen LogP contribution in [0.15, 0.2) is 53.5 Å². The summed E-state index contributed by atoms with van der Waals surface area (Å²) in [5.74, 6) is -0.469. The van der Waals surface area contributed by atoms with E-state index in [-0.39, 0.29) is 29.2 Å². The minimum atomic E-state index is -3.18. The summed E-state index contributed by atoms with van der Waals surface area (Å²) < 4.78 is 30.2. The van der Waals surface area contributed by atoms with E-state index in [2.05, 4.69) is 10.3 Å². The van der Waals surface area contributed by atoms with E-state index in [0.29, 0.717) is 5.17 Å². The molecule has 10 heteroatoms. The lowest BCUT2D eigenvalue weighted by Gasteiger charge is -2.26. The van der Waals surface area contributed by atoms with Gasteiger partial charge in [0, 0.05) is 17.4 Å². The van der Waals surface area contributed by atoms with Crippen molar-refractivity contribution in [2.45, 2.75) is 64.0 Å². The third kappa shape index (κ3) is 6.93. The number of carbonyl (C=O) groups is 2. The fourth-order valence-corrected chi connectivity index (χ4v) is 8.55. The molecule has 0 unspecified atom stereocenters. The van der Waals surface area contributed by atoms with Gasteiger partial charge in [-0.05, 0) is 63.4 Å². The van der Waals surface area contributed by atoms with E-state index in [1.54, 1.807) is 20.8 Å². The van der Waals surface area contributed by atoms with Crippen LogP contribution in [0.1, 0.15) is 37.5 Å². The van der Waals surface area contributed by atoms with Crippen LogP contribution in [0.25, 0.3) is 0 Å². The number of alkyl carbamates (subject to hydrolysis) is 1. The van der Waals surface area contributed by atoms with Crippen LogP contribution in [-0.4, -0.2) is 60.0 Å². The summed E-state index contributed by atoms with van der Waals surface area (Å²) in [5.41, 5.74) is 3.01. The molecule has 0 radical (unpaired) electrons. The number of hydrogen-bond donors (Lipinski definition) is 1. The lowest BCUT2D eigenvalue weighted by molar-refractivity contribution is -0.119. The Morgan fingerprint density at radius 1 is 1.11 bits per heavy atom. The number of aryl methyl sites for hydroxylation is 2. The van der Waals surface area contributed by atoms with Crippen molar-refractivity contribution in [3.05, 3.63) is 65.2 Å². The molecule has 0 aromatic heterocycles. The monoisotopic (exact) mass is 543 g/mol. The number of thioether (sulfide) groups is 1. The van der Waals surface area contributed by atoms with Crippen molar-refractivity contribution in [1.29, 1.82) is 0 Å². The SMILES string of the molecule is Cc1cc(C)cc(N2C(=NC(=O)[C@H](Cc3ccccc3)NC(=O)OC(C)(C)C)S[C@H]3CS(=O)(=O)C[C@@H]32)c1. The number of fused-ring (bicyclic) bond motifs is 1. The number of rotatable bonds is 5. The third-order valence-electron chi connectivity index (χ3n) is 6.03. The van der Waals surface area contributed by atoms with Crippen molar-refractivity contribution >= 4 is 44.5 Å². The van der Waals surface area contributed by atoms with Gasteiger partial charge in [0.15, 0.2) is 15.0 Å². The van der Waals surface area contributed by atoms with Crippen molar-refractivity contribution in [3.63, 3.8) is 0 Å². The number of amidine groups is 1. The molecule has 2 aliphatic rings. The second-order valence-corrected chi connectivity index (χ2v) is 14.0. The quantitative estimate of drug-likeness (QED) is 0.607. The maximum atomic E-state index is 13.5. The maximum absolute atomic E-state index is 13.5. The van der Waals surface area contributed by atoms with Crippen molar-refractivity contribution in [2.24, 2.45) is 4.99 Å². The van der Waals surface area contributed by atoms with Crippen molar-refractivity contribution in [3.8, 4) is 0 Å². The lowest BCUT2D eigenvalue weighted by Crippen LogP contribution is -2.45. The molecule has 0 saturated carbocycles. The minimum Gasteiger partial charge on any atom is -0.444 e. The molecule has 4 rings (SSSR count). The molecule has 0 bridgehead atoms. The van der Waals surface area contributed by atoms with Crippen LogP contribution < -0.4 is 10.2 Å². The number of ether oxygens (including phenoxy) is 1. The van der Waals surface area contributed by atoms with Gasteiger partial charge in [-0.25, -0.2) is 13.2 Å². The Morgan fingerprint density at radius 3 is 2.38 bits per heavy atom. The number of aliphatic imine (C=N–C) groups is 1. The van der Waals surface area contributed by atoms with Crippen LogP contribution in [0.2, 0.25) is 0 Å². The highest BCUT2D eigenvalue weighted by molar-refractivity contribution is 8.16. The molecule has 198 valence electrons. The second kappa shape index (κ2) is 10.5. The molecule has 8 nitrogen and oxygen atoms in total. The van der Waals surface area contributed by atoms with E-state index in [1.165, 1.54) is 11.8 Å². The van der Waals surface area contributed by atoms with Crippen molar-refractivity contribution < 1.29 is 22.7 Å². The molecule has 2 heterocycles. The highest BCUT2D eigenvalue weighted by Gasteiger charge is 2.49. The third-order valence-corrected chi connectivity index (χ3v) is 9.24. The first kappa shape index (κ1) is 27.2. The van der Waals surface area contributed by atoms with Crippen molar-refractivity contribution in [1.82, 2.24) is 5.32 Å². The molecule has 37 heavy (non-hydrogen) atoms. The Bertz CT molecular complexity index is 1300. The van der Waals surface area contributed by atoms with Gasteiger partial charge in [-0.15, -0.1) is 0 Å². The predicted molar refractivity (Wildman–Crippen MR) is 148 cm³/mol. The molecule has 2 aliphatic heterocycles. The number of sulfone groups is 1. The van der Waals surface area contributed by atoms with Gasteiger partial charge in [0.1, 0.15) is 11.6 Å². The lowest BCUT2D eigenvalue weighted by atomic mass is 10.1. The standard InChI is InChI=1S/C27H33N3O5S2/c1-17-11-18(2)13-20(12-17)30-22-15-37(33,34)16-23(22)36-25(30)29-24(31)21(14-19-9-7-6-8-10-19)28-26(32)35-27(3,4)5/h6-13,21-23H,14-16H2,1-5H3,(H,28,32)/t21-,22-,23-/m0/s1. The highest BCUT2D eigenvalue weighted by atomic mass is 32.2. The Kier molecular flexibility index (Phi) is 7.71. The van der Waals surface area contributed by atoms with E-state index in [4.69, 9.17) is 4.74 Å². The van der Waals surface area contributed by atoms with Gasteiger partial charge < -0.3 is 15.0 Å². The number of amides is 2. The first-order chi connectivity index (χ1) is 17.3. The number of nitrogens with zero attached hydrogens (tertiary/aromatic N) is 2. The largest absolute Gasteiger partial charge is 0.444 e. The Hall–Kier alpha value is -2.85. The number of anilines is 1. The summed E-state index contributed by atoms with van der Waals surface area (Å²) >= 11 is 1.31. The average molecular weight is 544 g/mol. The summed E-state index contributed by atoms with van der Waals surface area (Å²) in [6, 6.07) is 14.1. The molecule has 1 N–H and O–H groups in total. The summed E-state index contributed by atoms with van der Waals surface area (Å²) in [6.45, 7) is 9.22. The van der Waals surface area contributed by atoms with E-state index in [9.17, 15) is 18.0 Å². The number of carbonyl (C=O) groups excluding carboxylic acids is 2. The first-order valence-electron chi connectivity index (χ1n) is 12.2. The molecule has 2 aromatic carbocycles. The molecule has 0 spiro atoms. The van der Waals surface area contributed by atoms with E-state index in [1.807, 2.05) is 67.3 Å². The van der Waals surface area contributed by atoms with Crippen LogP contribution in [0.5, 0.6) is 0 Å². The molecular weight excluding hydrogens is 510 g/mol. The first-order valence-corrected chi connectivity index (χ1v) is 14.9. The Labute approximate surface area is 222 Å². The molecule has 2 saturated heterocycles. The van der Waals surface area contributed by atoms with Crippen LogP contribution >= 0.6 is 11.8 Å². The van der Waals surface area contributed by atoms with Gasteiger partial charge in [0.2, 0.25) is 0 Å². The van der Waals surface area contributed by atoms with Gasteiger partial charge in [0.25, 0.3) is 5.91 Å². The van der Waals surface area contributed by atoms with Crippen molar-refractivity contribution in [2.75, 3.05) is 16.4 Å². The number of benzene rings is 2. The maximum Gasteiger partial charge on any atom is 0.408 e. The molecule has 0 aliphatic carbocycles. The van der Waals surface area contributed by atoms with Gasteiger partial charge in [-0.1, -0.05) is 48.2 Å². The zero-order valence-electron chi connectivity index (χ0n) is 21.7. The molecule has 2 fully saturated rings. The second-order valence-electron chi connectivity index (χ2n) is 10.6. The van der Waals surface area contributed by atoms with E-state index in [0.717, 1.165) is 22.4 Å². The molecule has 3 atom stereocenters. The van der Waals surface area contributed by atoms with Gasteiger partial charge in [-0.3, -0.25) is 4.79 Å². The zero-order chi connectivity index (χ0) is 27.0. The summed E-state index contributed by atoms with van der Waals surface area (Å²) in [5, 5.41) is 2.92. The van der Waals surface area contributed by atoms with Crippen LogP contribution in [0.3, 0.4) is 0 Å². The van der Waals surface area contributed by atoms with Gasteiger partial charge >= 0.3 is 6.09 Å². The van der Waals surface area contributed by atoms with Gasteiger partial charge in [-0.2, -0.15) is 4.99 Å². The normalized spacial score (nSPS) is 22.5. The molecule has 2 amide bonds. The van der Waals surface area contributed by atoms with Crippen LogP contribution in [0, 0.1) is 13.8 Å². The fourth-order valence-electron chi connectivity index (χ4n) is 4.63. The fraction of sp³-hybridized carbons (Fsp3) is 0.444. The topological polar surface area (TPSA) is 105 Å².